The molecule has 2 aliphatic heterocycles. The fourth-order valence-electron chi connectivity index (χ4n) is 3.78. The zero-order valence-electron chi connectivity index (χ0n) is 14.3. The van der Waals surface area contributed by atoms with E-state index in [-0.39, 0.29) is 17.4 Å². The number of benzene rings is 1. The predicted octanol–water partition coefficient (Wildman–Crippen LogP) is 2.67. The number of halogens is 1. The van der Waals surface area contributed by atoms with Crippen LogP contribution in [0, 0.1) is 6.92 Å². The number of likely N-dealkylation sites (tertiary alicyclic amines) is 2. The van der Waals surface area contributed by atoms with E-state index in [4.69, 9.17) is 11.6 Å². The molecule has 1 aromatic carbocycles. The van der Waals surface area contributed by atoms with Crippen LogP contribution >= 0.6 is 11.6 Å². The summed E-state index contributed by atoms with van der Waals surface area (Å²) in [6, 6.07) is 5.49. The Morgan fingerprint density at radius 3 is 2.58 bits per heavy atom. The van der Waals surface area contributed by atoms with Crippen molar-refractivity contribution in [1.82, 2.24) is 9.80 Å². The lowest BCUT2D eigenvalue weighted by atomic mass is 9.85. The molecule has 0 aliphatic carbocycles. The number of rotatable bonds is 3. The minimum absolute atomic E-state index is 0.0106. The first-order valence-electron chi connectivity index (χ1n) is 8.45. The molecule has 0 aromatic heterocycles. The number of carbonyl (C=O) groups is 2. The van der Waals surface area contributed by atoms with E-state index in [1.807, 2.05) is 31.0 Å². The summed E-state index contributed by atoms with van der Waals surface area (Å²) in [6.45, 7) is 4.01. The molecular formula is C18H24ClN3O2. The van der Waals surface area contributed by atoms with E-state index in [9.17, 15) is 9.59 Å². The van der Waals surface area contributed by atoms with Gasteiger partial charge in [0.1, 0.15) is 0 Å². The fourth-order valence-corrected chi connectivity index (χ4v) is 3.90. The van der Waals surface area contributed by atoms with Gasteiger partial charge in [0.2, 0.25) is 11.8 Å². The maximum absolute atomic E-state index is 12.3. The van der Waals surface area contributed by atoms with Crippen LogP contribution in [-0.2, 0) is 9.59 Å². The summed E-state index contributed by atoms with van der Waals surface area (Å²) < 4.78 is 0. The number of piperidine rings is 1. The van der Waals surface area contributed by atoms with E-state index >= 15 is 0 Å². The SMILES string of the molecule is Cc1cc(NC(=O)CN2CCC3(CCC(=O)N3C)CC2)ccc1Cl. The maximum atomic E-state index is 12.3. The van der Waals surface area contributed by atoms with Gasteiger partial charge in [0.15, 0.2) is 0 Å². The highest BCUT2D eigenvalue weighted by Gasteiger charge is 2.44. The summed E-state index contributed by atoms with van der Waals surface area (Å²) in [5.41, 5.74) is 1.75. The second kappa shape index (κ2) is 6.73. The number of hydrogen-bond acceptors (Lipinski definition) is 3. The van der Waals surface area contributed by atoms with Gasteiger partial charge >= 0.3 is 0 Å². The molecule has 1 N–H and O–H groups in total. The molecule has 0 saturated carbocycles. The Labute approximate surface area is 147 Å². The van der Waals surface area contributed by atoms with Crippen LogP contribution in [0.2, 0.25) is 5.02 Å². The van der Waals surface area contributed by atoms with E-state index in [2.05, 4.69) is 10.2 Å². The summed E-state index contributed by atoms with van der Waals surface area (Å²) in [7, 11) is 1.92. The van der Waals surface area contributed by atoms with Crippen molar-refractivity contribution in [3.8, 4) is 0 Å². The summed E-state index contributed by atoms with van der Waals surface area (Å²) in [4.78, 5) is 28.2. The van der Waals surface area contributed by atoms with Crippen molar-refractivity contribution in [1.29, 1.82) is 0 Å². The van der Waals surface area contributed by atoms with Crippen molar-refractivity contribution in [3.63, 3.8) is 0 Å². The topological polar surface area (TPSA) is 52.7 Å². The monoisotopic (exact) mass is 349 g/mol. The summed E-state index contributed by atoms with van der Waals surface area (Å²) in [5.74, 6) is 0.239. The number of amides is 2. The van der Waals surface area contributed by atoms with Gasteiger partial charge in [-0.1, -0.05) is 11.6 Å². The molecular weight excluding hydrogens is 326 g/mol. The highest BCUT2D eigenvalue weighted by Crippen LogP contribution is 2.37. The highest BCUT2D eigenvalue weighted by molar-refractivity contribution is 6.31. The molecule has 24 heavy (non-hydrogen) atoms. The number of aryl methyl sites for hydroxylation is 1. The minimum atomic E-state index is -0.0106. The quantitative estimate of drug-likeness (QED) is 0.912. The predicted molar refractivity (Wildman–Crippen MR) is 95.2 cm³/mol. The van der Waals surface area contributed by atoms with E-state index in [1.54, 1.807) is 6.07 Å². The number of hydrogen-bond donors (Lipinski definition) is 1. The average Bonchev–Trinajstić information content (AvgIpc) is 2.82. The molecule has 0 unspecified atom stereocenters. The van der Waals surface area contributed by atoms with E-state index < -0.39 is 0 Å². The molecule has 3 rings (SSSR count). The molecule has 5 nitrogen and oxygen atoms in total. The van der Waals surface area contributed by atoms with Gasteiger partial charge in [-0.05, 0) is 49.9 Å². The van der Waals surface area contributed by atoms with Gasteiger partial charge in [0.05, 0.1) is 6.54 Å². The van der Waals surface area contributed by atoms with Gasteiger partial charge < -0.3 is 10.2 Å². The molecule has 0 radical (unpaired) electrons. The van der Waals surface area contributed by atoms with Crippen molar-refractivity contribution in [2.75, 3.05) is 32.0 Å². The van der Waals surface area contributed by atoms with Crippen molar-refractivity contribution in [3.05, 3.63) is 28.8 Å². The second-order valence-electron chi connectivity index (χ2n) is 6.97. The molecule has 1 spiro atoms. The Balaban J connectivity index is 1.51. The van der Waals surface area contributed by atoms with Crippen LogP contribution < -0.4 is 5.32 Å². The Hall–Kier alpha value is -1.59. The minimum Gasteiger partial charge on any atom is -0.340 e. The maximum Gasteiger partial charge on any atom is 0.238 e. The fraction of sp³-hybridized carbons (Fsp3) is 0.556. The molecule has 6 heteroatoms. The lowest BCUT2D eigenvalue weighted by Crippen LogP contribution is -2.52. The normalized spacial score (nSPS) is 20.6. The van der Waals surface area contributed by atoms with Crippen molar-refractivity contribution >= 4 is 29.1 Å². The second-order valence-corrected chi connectivity index (χ2v) is 7.37. The first-order valence-corrected chi connectivity index (χ1v) is 8.82. The van der Waals surface area contributed by atoms with Gasteiger partial charge in [-0.3, -0.25) is 14.5 Å². The van der Waals surface area contributed by atoms with Crippen LogP contribution in [0.5, 0.6) is 0 Å². The van der Waals surface area contributed by atoms with Crippen molar-refractivity contribution in [2.24, 2.45) is 0 Å². The molecule has 2 heterocycles. The van der Waals surface area contributed by atoms with Crippen LogP contribution in [0.15, 0.2) is 18.2 Å². The van der Waals surface area contributed by atoms with E-state index in [0.29, 0.717) is 18.0 Å². The van der Waals surface area contributed by atoms with Crippen LogP contribution in [0.25, 0.3) is 0 Å². The third-order valence-electron chi connectivity index (χ3n) is 5.49. The van der Waals surface area contributed by atoms with Gasteiger partial charge in [-0.15, -0.1) is 0 Å². The largest absolute Gasteiger partial charge is 0.340 e. The molecule has 0 bridgehead atoms. The molecule has 0 atom stereocenters. The summed E-state index contributed by atoms with van der Waals surface area (Å²) in [6.07, 6.45) is 3.50. The van der Waals surface area contributed by atoms with E-state index in [0.717, 1.165) is 43.6 Å². The lowest BCUT2D eigenvalue weighted by molar-refractivity contribution is -0.131. The zero-order valence-corrected chi connectivity index (χ0v) is 15.0. The number of nitrogens with one attached hydrogen (secondary N) is 1. The highest BCUT2D eigenvalue weighted by atomic mass is 35.5. The molecule has 130 valence electrons. The Morgan fingerprint density at radius 1 is 1.29 bits per heavy atom. The number of anilines is 1. The molecule has 2 fully saturated rings. The van der Waals surface area contributed by atoms with Crippen LogP contribution in [-0.4, -0.2) is 53.8 Å². The number of carbonyl (C=O) groups excluding carboxylic acids is 2. The van der Waals surface area contributed by atoms with Crippen LogP contribution in [0.1, 0.15) is 31.2 Å². The Morgan fingerprint density at radius 2 is 2.00 bits per heavy atom. The van der Waals surface area contributed by atoms with Crippen LogP contribution in [0.3, 0.4) is 0 Å². The average molecular weight is 350 g/mol. The molecule has 2 amide bonds. The van der Waals surface area contributed by atoms with Gasteiger partial charge in [0.25, 0.3) is 0 Å². The van der Waals surface area contributed by atoms with Crippen molar-refractivity contribution in [2.45, 2.75) is 38.1 Å². The first kappa shape index (κ1) is 17.2. The van der Waals surface area contributed by atoms with Gasteiger partial charge in [-0.25, -0.2) is 0 Å². The standard InChI is InChI=1S/C18H24ClN3O2/c1-13-11-14(3-4-15(13)19)20-16(23)12-22-9-7-18(8-10-22)6-5-17(24)21(18)2/h3-4,11H,5-10,12H2,1-2H3,(H,20,23). The van der Waals surface area contributed by atoms with Gasteiger partial charge in [0, 0.05) is 42.8 Å². The van der Waals surface area contributed by atoms with Crippen LogP contribution in [0.4, 0.5) is 5.69 Å². The third kappa shape index (κ3) is 3.42. The Bertz CT molecular complexity index is 654. The molecule has 2 aliphatic rings. The van der Waals surface area contributed by atoms with Crippen molar-refractivity contribution < 1.29 is 9.59 Å². The van der Waals surface area contributed by atoms with Gasteiger partial charge in [-0.2, -0.15) is 0 Å². The Kier molecular flexibility index (Phi) is 4.83. The van der Waals surface area contributed by atoms with E-state index in [1.165, 1.54) is 0 Å². The smallest absolute Gasteiger partial charge is 0.238 e. The summed E-state index contributed by atoms with van der Waals surface area (Å²) >= 11 is 6.01. The zero-order chi connectivity index (χ0) is 17.3. The third-order valence-corrected chi connectivity index (χ3v) is 5.91. The first-order chi connectivity index (χ1) is 11.4. The number of nitrogens with zero attached hydrogens (tertiary/aromatic N) is 2. The summed E-state index contributed by atoms with van der Waals surface area (Å²) in [5, 5.41) is 3.63. The molecule has 1 aromatic rings. The lowest BCUT2D eigenvalue weighted by Gasteiger charge is -2.43. The molecule has 2 saturated heterocycles.